The molecular weight excluding hydrogens is 212 g/mol. The zero-order valence-electron chi connectivity index (χ0n) is 10.4. The van der Waals surface area contributed by atoms with Crippen molar-refractivity contribution in [1.82, 2.24) is 15.3 Å². The molecule has 1 saturated heterocycles. The fourth-order valence-corrected chi connectivity index (χ4v) is 2.33. The third kappa shape index (κ3) is 1.78. The normalized spacial score (nSPS) is 16.7. The maximum atomic E-state index is 4.74. The molecule has 1 aromatic heterocycles. The molecule has 17 heavy (non-hydrogen) atoms. The Bertz CT molecular complexity index is 538. The van der Waals surface area contributed by atoms with Gasteiger partial charge in [0.1, 0.15) is 0 Å². The number of fused-ring (bicyclic) bond motifs is 1. The summed E-state index contributed by atoms with van der Waals surface area (Å²) in [6.45, 7) is 8.40. The van der Waals surface area contributed by atoms with Gasteiger partial charge in [-0.3, -0.25) is 0 Å². The summed E-state index contributed by atoms with van der Waals surface area (Å²) in [6.07, 6.45) is 0. The molecule has 0 spiro atoms. The number of aromatic nitrogens is 2. The molecule has 4 heteroatoms. The highest BCUT2D eigenvalue weighted by Crippen LogP contribution is 2.22. The Morgan fingerprint density at radius 2 is 1.94 bits per heavy atom. The van der Waals surface area contributed by atoms with Gasteiger partial charge in [-0.25, -0.2) is 4.98 Å². The molecule has 0 saturated carbocycles. The third-order valence-electron chi connectivity index (χ3n) is 3.58. The van der Waals surface area contributed by atoms with E-state index in [1.54, 1.807) is 0 Å². The predicted molar refractivity (Wildman–Crippen MR) is 70.7 cm³/mol. The highest BCUT2D eigenvalue weighted by Gasteiger charge is 2.15. The molecule has 1 aliphatic rings. The summed E-state index contributed by atoms with van der Waals surface area (Å²) in [5, 5.41) is 3.36. The summed E-state index contributed by atoms with van der Waals surface area (Å²) < 4.78 is 0. The van der Waals surface area contributed by atoms with Gasteiger partial charge in [0.05, 0.1) is 11.0 Å². The number of rotatable bonds is 1. The molecule has 0 aliphatic carbocycles. The lowest BCUT2D eigenvalue weighted by Gasteiger charge is -2.26. The first-order valence-corrected chi connectivity index (χ1v) is 6.17. The summed E-state index contributed by atoms with van der Waals surface area (Å²) in [7, 11) is 0. The van der Waals surface area contributed by atoms with Crippen LogP contribution in [-0.2, 0) is 0 Å². The van der Waals surface area contributed by atoms with Crippen molar-refractivity contribution in [3.05, 3.63) is 23.3 Å². The molecule has 4 nitrogen and oxygen atoms in total. The molecule has 2 N–H and O–H groups in total. The van der Waals surface area contributed by atoms with E-state index in [2.05, 4.69) is 41.2 Å². The van der Waals surface area contributed by atoms with Gasteiger partial charge in [0.15, 0.2) is 0 Å². The number of aromatic amines is 1. The Morgan fingerprint density at radius 1 is 1.18 bits per heavy atom. The van der Waals surface area contributed by atoms with Gasteiger partial charge in [-0.1, -0.05) is 6.07 Å². The van der Waals surface area contributed by atoms with Crippen LogP contribution in [0.5, 0.6) is 0 Å². The van der Waals surface area contributed by atoms with Crippen LogP contribution < -0.4 is 10.2 Å². The largest absolute Gasteiger partial charge is 0.340 e. The van der Waals surface area contributed by atoms with Crippen molar-refractivity contribution >= 4 is 17.0 Å². The fraction of sp³-hybridized carbons (Fsp3) is 0.462. The number of hydrogen-bond donors (Lipinski definition) is 2. The molecular formula is C13H18N4. The van der Waals surface area contributed by atoms with E-state index in [0.29, 0.717) is 0 Å². The van der Waals surface area contributed by atoms with E-state index < -0.39 is 0 Å². The average molecular weight is 230 g/mol. The second-order valence-electron chi connectivity index (χ2n) is 4.70. The van der Waals surface area contributed by atoms with Crippen LogP contribution in [0.25, 0.3) is 11.0 Å². The topological polar surface area (TPSA) is 44.0 Å². The van der Waals surface area contributed by atoms with Gasteiger partial charge in [-0.05, 0) is 31.0 Å². The van der Waals surface area contributed by atoms with Crippen molar-refractivity contribution in [2.45, 2.75) is 13.8 Å². The maximum absolute atomic E-state index is 4.74. The SMILES string of the molecule is Cc1ccc2[nH]c(N3CCNCC3)nc2c1C. The molecule has 3 rings (SSSR count). The Balaban J connectivity index is 2.04. The number of aryl methyl sites for hydroxylation is 2. The highest BCUT2D eigenvalue weighted by molar-refractivity contribution is 5.82. The molecule has 0 bridgehead atoms. The quantitative estimate of drug-likeness (QED) is 0.782. The highest BCUT2D eigenvalue weighted by atomic mass is 15.3. The lowest BCUT2D eigenvalue weighted by molar-refractivity contribution is 0.582. The Morgan fingerprint density at radius 3 is 2.71 bits per heavy atom. The van der Waals surface area contributed by atoms with Crippen LogP contribution in [-0.4, -0.2) is 36.1 Å². The first-order valence-electron chi connectivity index (χ1n) is 6.17. The second-order valence-corrected chi connectivity index (χ2v) is 4.70. The third-order valence-corrected chi connectivity index (χ3v) is 3.58. The van der Waals surface area contributed by atoms with Crippen molar-refractivity contribution in [3.63, 3.8) is 0 Å². The van der Waals surface area contributed by atoms with E-state index in [1.807, 2.05) is 0 Å². The summed E-state index contributed by atoms with van der Waals surface area (Å²) in [4.78, 5) is 10.5. The minimum Gasteiger partial charge on any atom is -0.340 e. The zero-order valence-corrected chi connectivity index (χ0v) is 10.4. The lowest BCUT2D eigenvalue weighted by atomic mass is 10.1. The van der Waals surface area contributed by atoms with Crippen LogP contribution in [0.1, 0.15) is 11.1 Å². The minimum atomic E-state index is 1.01. The van der Waals surface area contributed by atoms with Crippen molar-refractivity contribution in [1.29, 1.82) is 0 Å². The smallest absolute Gasteiger partial charge is 0.203 e. The second kappa shape index (κ2) is 4.04. The van der Waals surface area contributed by atoms with Gasteiger partial charge >= 0.3 is 0 Å². The molecule has 2 aromatic rings. The van der Waals surface area contributed by atoms with E-state index >= 15 is 0 Å². The van der Waals surface area contributed by atoms with Crippen molar-refractivity contribution in [2.24, 2.45) is 0 Å². The van der Waals surface area contributed by atoms with Gasteiger partial charge < -0.3 is 15.2 Å². The Labute approximate surface area is 101 Å². The maximum Gasteiger partial charge on any atom is 0.203 e. The van der Waals surface area contributed by atoms with Gasteiger partial charge in [0.25, 0.3) is 0 Å². The number of benzene rings is 1. The lowest BCUT2D eigenvalue weighted by Crippen LogP contribution is -2.44. The van der Waals surface area contributed by atoms with E-state index in [-0.39, 0.29) is 0 Å². The predicted octanol–water partition coefficient (Wildman–Crippen LogP) is 1.59. The summed E-state index contributed by atoms with van der Waals surface area (Å²) >= 11 is 0. The molecule has 1 aliphatic heterocycles. The minimum absolute atomic E-state index is 1.01. The first-order chi connectivity index (χ1) is 8.25. The van der Waals surface area contributed by atoms with Crippen LogP contribution in [0.2, 0.25) is 0 Å². The molecule has 1 aromatic carbocycles. The molecule has 90 valence electrons. The van der Waals surface area contributed by atoms with Gasteiger partial charge in [0, 0.05) is 26.2 Å². The average Bonchev–Trinajstić information content (AvgIpc) is 2.80. The van der Waals surface area contributed by atoms with E-state index in [1.165, 1.54) is 11.1 Å². The standard InChI is InChI=1S/C13H18N4/c1-9-3-4-11-12(10(9)2)16-13(15-11)17-7-5-14-6-8-17/h3-4,14H,5-8H2,1-2H3,(H,15,16). The molecule has 0 amide bonds. The Hall–Kier alpha value is -1.55. The van der Waals surface area contributed by atoms with Crippen molar-refractivity contribution in [2.75, 3.05) is 31.1 Å². The number of nitrogens with one attached hydrogen (secondary N) is 2. The zero-order chi connectivity index (χ0) is 11.8. The van der Waals surface area contributed by atoms with Crippen molar-refractivity contribution < 1.29 is 0 Å². The van der Waals surface area contributed by atoms with E-state index in [0.717, 1.165) is 43.2 Å². The van der Waals surface area contributed by atoms with Crippen LogP contribution in [0.15, 0.2) is 12.1 Å². The number of anilines is 1. The summed E-state index contributed by atoms with van der Waals surface area (Å²) in [5.74, 6) is 1.01. The van der Waals surface area contributed by atoms with Crippen LogP contribution in [0.4, 0.5) is 5.95 Å². The van der Waals surface area contributed by atoms with Crippen molar-refractivity contribution in [3.8, 4) is 0 Å². The van der Waals surface area contributed by atoms with E-state index in [4.69, 9.17) is 4.98 Å². The van der Waals surface area contributed by atoms with Crippen LogP contribution in [0.3, 0.4) is 0 Å². The molecule has 0 radical (unpaired) electrons. The van der Waals surface area contributed by atoms with E-state index in [9.17, 15) is 0 Å². The number of hydrogen-bond acceptors (Lipinski definition) is 3. The fourth-order valence-electron chi connectivity index (χ4n) is 2.33. The van der Waals surface area contributed by atoms with Gasteiger partial charge in [-0.15, -0.1) is 0 Å². The van der Waals surface area contributed by atoms with Gasteiger partial charge in [-0.2, -0.15) is 0 Å². The first kappa shape index (κ1) is 10.6. The number of H-pyrrole nitrogens is 1. The number of imidazole rings is 1. The Kier molecular flexibility index (Phi) is 2.52. The van der Waals surface area contributed by atoms with Crippen LogP contribution >= 0.6 is 0 Å². The molecule has 2 heterocycles. The summed E-state index contributed by atoms with van der Waals surface area (Å²) in [6, 6.07) is 4.27. The van der Waals surface area contributed by atoms with Gasteiger partial charge in [0.2, 0.25) is 5.95 Å². The monoisotopic (exact) mass is 230 g/mol. The molecule has 1 fully saturated rings. The summed E-state index contributed by atoms with van der Waals surface area (Å²) in [5.41, 5.74) is 4.83. The molecule has 0 unspecified atom stereocenters. The van der Waals surface area contributed by atoms with Crippen LogP contribution in [0, 0.1) is 13.8 Å². The molecule has 0 atom stereocenters. The number of piperazine rings is 1. The number of nitrogens with zero attached hydrogens (tertiary/aromatic N) is 2.